The van der Waals surface area contributed by atoms with Crippen LogP contribution in [-0.4, -0.2) is 10.9 Å². The summed E-state index contributed by atoms with van der Waals surface area (Å²) >= 11 is 4.09. The van der Waals surface area contributed by atoms with E-state index in [9.17, 15) is 4.79 Å². The van der Waals surface area contributed by atoms with Gasteiger partial charge in [0.05, 0.1) is 0 Å². The van der Waals surface area contributed by atoms with Crippen LogP contribution in [0, 0.1) is 11.5 Å². The molecule has 0 heterocycles. The lowest BCUT2D eigenvalue weighted by atomic mass is 10.2. The fourth-order valence-electron chi connectivity index (χ4n) is 0.696. The number of carbonyl (C=O) groups excluding carboxylic acids is 1. The van der Waals surface area contributed by atoms with E-state index in [1.165, 1.54) is 0 Å². The molecule has 1 rings (SSSR count). The Hall–Kier alpha value is -1.47. The minimum Gasteiger partial charge on any atom is -0.443 e. The van der Waals surface area contributed by atoms with Crippen LogP contribution in [0.25, 0.3) is 0 Å². The average molecular weight is 195 g/mol. The number of ketones is 1. The van der Waals surface area contributed by atoms with Crippen LogP contribution >= 0.6 is 12.6 Å². The van der Waals surface area contributed by atoms with E-state index < -0.39 is 0 Å². The van der Waals surface area contributed by atoms with E-state index >= 15 is 0 Å². The number of thiol groups is 1. The Morgan fingerprint density at radius 3 is 2.15 bits per heavy atom. The summed E-state index contributed by atoms with van der Waals surface area (Å²) in [6.45, 7) is 1.55. The molecule has 68 valence electrons. The third-order valence-electron chi connectivity index (χ3n) is 1.27. The Bertz CT molecular complexity index is 313. The number of aliphatic hydroxyl groups excluding tert-OH is 1. The molecule has 3 nitrogen and oxygen atoms in total. The van der Waals surface area contributed by atoms with Crippen molar-refractivity contribution < 1.29 is 9.90 Å². The first-order valence-electron chi connectivity index (χ1n) is 3.45. The molecule has 4 heteroatoms. The highest BCUT2D eigenvalue weighted by molar-refractivity contribution is 7.80. The average Bonchev–Trinajstić information content (AvgIpc) is 2.06. The molecule has 1 aromatic carbocycles. The predicted molar refractivity (Wildman–Crippen MR) is 51.2 cm³/mol. The van der Waals surface area contributed by atoms with Crippen molar-refractivity contribution in [1.29, 1.82) is 5.26 Å². The Morgan fingerprint density at radius 2 is 1.85 bits per heavy atom. The number of carbonyl (C=O) groups is 1. The Morgan fingerprint density at radius 1 is 1.46 bits per heavy atom. The van der Waals surface area contributed by atoms with E-state index in [2.05, 4.69) is 12.6 Å². The van der Waals surface area contributed by atoms with Gasteiger partial charge in [-0.3, -0.25) is 4.79 Å². The second kappa shape index (κ2) is 6.09. The molecule has 0 atom stereocenters. The molecule has 0 aliphatic rings. The Labute approximate surface area is 82.0 Å². The summed E-state index contributed by atoms with van der Waals surface area (Å²) in [6, 6.07) is 7.15. The van der Waals surface area contributed by atoms with Gasteiger partial charge in [-0.15, -0.1) is 12.6 Å². The maximum atomic E-state index is 10.7. The van der Waals surface area contributed by atoms with Crippen molar-refractivity contribution >= 4 is 18.4 Å². The van der Waals surface area contributed by atoms with Crippen molar-refractivity contribution in [3.05, 3.63) is 29.8 Å². The molecular weight excluding hydrogens is 186 g/mol. The third-order valence-corrected chi connectivity index (χ3v) is 1.57. The van der Waals surface area contributed by atoms with Gasteiger partial charge in [0.2, 0.25) is 0 Å². The smallest absolute Gasteiger partial charge is 0.283 e. The largest absolute Gasteiger partial charge is 0.443 e. The number of aliphatic hydroxyl groups is 1. The molecule has 1 N–H and O–H groups in total. The minimum atomic E-state index is 0.0910. The quantitative estimate of drug-likeness (QED) is 0.409. The van der Waals surface area contributed by atoms with Gasteiger partial charge in [-0.05, 0) is 19.1 Å². The Balaban J connectivity index is 0.000000424. The van der Waals surface area contributed by atoms with Crippen LogP contribution in [0.5, 0.6) is 0 Å². The summed E-state index contributed by atoms with van der Waals surface area (Å²) in [5.74, 6) is 0.0910. The number of hydrogen-bond acceptors (Lipinski definition) is 4. The van der Waals surface area contributed by atoms with Crippen molar-refractivity contribution in [3.8, 4) is 6.26 Å². The number of hydrogen-bond donors (Lipinski definition) is 2. The highest BCUT2D eigenvalue weighted by Crippen LogP contribution is 2.07. The first-order chi connectivity index (χ1) is 6.11. The molecule has 0 saturated heterocycles. The lowest BCUT2D eigenvalue weighted by Crippen LogP contribution is -1.89. The van der Waals surface area contributed by atoms with Crippen LogP contribution in [-0.2, 0) is 0 Å². The summed E-state index contributed by atoms with van der Waals surface area (Å²) in [5.41, 5.74) is 0.734. The van der Waals surface area contributed by atoms with Crippen LogP contribution in [0.2, 0.25) is 0 Å². The second-order valence-corrected chi connectivity index (χ2v) is 2.72. The van der Waals surface area contributed by atoms with E-state index in [0.29, 0.717) is 0 Å². The first kappa shape index (κ1) is 11.5. The molecule has 0 amide bonds. The molecule has 0 aromatic heterocycles. The zero-order valence-corrected chi connectivity index (χ0v) is 7.95. The summed E-state index contributed by atoms with van der Waals surface area (Å²) in [6.07, 6.45) is 0.750. The Kier molecular flexibility index (Phi) is 5.40. The topological polar surface area (TPSA) is 61.1 Å². The fourth-order valence-corrected chi connectivity index (χ4v) is 0.845. The number of Topliss-reactive ketones (excluding diaryl/α,β-unsaturated/α-hetero) is 1. The van der Waals surface area contributed by atoms with Gasteiger partial charge in [-0.25, -0.2) is 0 Å². The van der Waals surface area contributed by atoms with E-state index in [4.69, 9.17) is 10.4 Å². The molecule has 0 aliphatic heterocycles. The molecule has 0 spiro atoms. The zero-order chi connectivity index (χ0) is 10.3. The van der Waals surface area contributed by atoms with Crippen LogP contribution < -0.4 is 0 Å². The first-order valence-corrected chi connectivity index (χ1v) is 3.89. The molecule has 0 bridgehead atoms. The minimum absolute atomic E-state index is 0.0910. The van der Waals surface area contributed by atoms with Gasteiger partial charge in [-0.1, -0.05) is 12.1 Å². The number of benzene rings is 1. The van der Waals surface area contributed by atoms with E-state index in [1.54, 1.807) is 31.2 Å². The summed E-state index contributed by atoms with van der Waals surface area (Å²) in [4.78, 5) is 11.6. The van der Waals surface area contributed by atoms with Gasteiger partial charge >= 0.3 is 0 Å². The molecule has 0 aliphatic carbocycles. The van der Waals surface area contributed by atoms with E-state index in [-0.39, 0.29) is 5.78 Å². The zero-order valence-electron chi connectivity index (χ0n) is 7.06. The standard InChI is InChI=1S/C8H8OS.CHNO/c1-6(9)7-2-4-8(10)5-3-7;2-1-3/h2-5,10H,1H3;3H. The van der Waals surface area contributed by atoms with Gasteiger partial charge < -0.3 is 5.11 Å². The van der Waals surface area contributed by atoms with Crippen LogP contribution in [0.3, 0.4) is 0 Å². The summed E-state index contributed by atoms with van der Waals surface area (Å²) in [7, 11) is 0. The van der Waals surface area contributed by atoms with Crippen molar-refractivity contribution in [2.45, 2.75) is 11.8 Å². The van der Waals surface area contributed by atoms with Crippen LogP contribution in [0.4, 0.5) is 0 Å². The van der Waals surface area contributed by atoms with Crippen molar-refractivity contribution in [2.24, 2.45) is 0 Å². The van der Waals surface area contributed by atoms with Crippen LogP contribution in [0.1, 0.15) is 17.3 Å². The molecule has 1 aromatic rings. The number of nitriles is 1. The van der Waals surface area contributed by atoms with Gasteiger partial charge in [0, 0.05) is 10.5 Å². The van der Waals surface area contributed by atoms with Gasteiger partial charge in [0.1, 0.15) is 0 Å². The predicted octanol–water partition coefficient (Wildman–Crippen LogP) is 2.02. The SMILES string of the molecule is CC(=O)c1ccc(S)cc1.N#CO. The van der Waals surface area contributed by atoms with Crippen molar-refractivity contribution in [1.82, 2.24) is 0 Å². The van der Waals surface area contributed by atoms with Gasteiger partial charge in [-0.2, -0.15) is 5.26 Å². The molecular formula is C9H9NO2S. The van der Waals surface area contributed by atoms with Gasteiger partial charge in [0.15, 0.2) is 5.78 Å². The lowest BCUT2D eigenvalue weighted by molar-refractivity contribution is 0.101. The number of nitrogens with zero attached hydrogens (tertiary/aromatic N) is 1. The maximum Gasteiger partial charge on any atom is 0.283 e. The maximum absolute atomic E-state index is 10.7. The third kappa shape index (κ3) is 4.88. The van der Waals surface area contributed by atoms with E-state index in [0.717, 1.165) is 16.7 Å². The fraction of sp³-hybridized carbons (Fsp3) is 0.111. The lowest BCUT2D eigenvalue weighted by Gasteiger charge is -1.93. The summed E-state index contributed by atoms with van der Waals surface area (Å²) in [5, 5.41) is 13.8. The highest BCUT2D eigenvalue weighted by Gasteiger charge is 1.95. The normalized spacial score (nSPS) is 7.77. The number of rotatable bonds is 1. The second-order valence-electron chi connectivity index (χ2n) is 2.20. The van der Waals surface area contributed by atoms with Crippen LogP contribution in [0.15, 0.2) is 29.2 Å². The summed E-state index contributed by atoms with van der Waals surface area (Å²) < 4.78 is 0. The van der Waals surface area contributed by atoms with Crippen molar-refractivity contribution in [3.63, 3.8) is 0 Å². The van der Waals surface area contributed by atoms with E-state index in [1.807, 2.05) is 0 Å². The molecule has 13 heavy (non-hydrogen) atoms. The monoisotopic (exact) mass is 195 g/mol. The molecule has 0 unspecified atom stereocenters. The molecule has 0 saturated carbocycles. The van der Waals surface area contributed by atoms with Crippen molar-refractivity contribution in [2.75, 3.05) is 0 Å². The van der Waals surface area contributed by atoms with Gasteiger partial charge in [0.25, 0.3) is 6.26 Å². The highest BCUT2D eigenvalue weighted by atomic mass is 32.1. The molecule has 0 radical (unpaired) electrons. The molecule has 0 fully saturated rings.